The van der Waals surface area contributed by atoms with Gasteiger partial charge in [-0.1, -0.05) is 37.9 Å². The number of benzene rings is 2. The number of halogens is 6. The molecule has 2 N–H and O–H groups in total. The van der Waals surface area contributed by atoms with Gasteiger partial charge in [0.15, 0.2) is 0 Å². The summed E-state index contributed by atoms with van der Waals surface area (Å²) in [5.41, 5.74) is 5.37. The van der Waals surface area contributed by atoms with Crippen LogP contribution in [0.2, 0.25) is 0 Å². The lowest BCUT2D eigenvalue weighted by molar-refractivity contribution is -0.138. The van der Waals surface area contributed by atoms with Gasteiger partial charge in [-0.2, -0.15) is 13.2 Å². The van der Waals surface area contributed by atoms with Crippen molar-refractivity contribution >= 4 is 31.9 Å². The fourth-order valence-corrected chi connectivity index (χ4v) is 2.74. The second-order valence-corrected chi connectivity index (χ2v) is 6.15. The lowest BCUT2D eigenvalue weighted by atomic mass is 9.97. The van der Waals surface area contributed by atoms with E-state index in [1.54, 1.807) is 0 Å². The van der Waals surface area contributed by atoms with Crippen LogP contribution in [-0.2, 0) is 6.18 Å². The van der Waals surface area contributed by atoms with Gasteiger partial charge in [-0.3, -0.25) is 0 Å². The van der Waals surface area contributed by atoms with Crippen LogP contribution in [0.1, 0.15) is 22.7 Å². The van der Waals surface area contributed by atoms with E-state index in [0.29, 0.717) is 4.47 Å². The molecular formula is C14H9Br2F4N. The minimum Gasteiger partial charge on any atom is -0.320 e. The molecule has 1 nitrogen and oxygen atoms in total. The maximum atomic E-state index is 13.8. The number of hydrogen-bond acceptors (Lipinski definition) is 1. The average molecular weight is 427 g/mol. The number of hydrogen-bond donors (Lipinski definition) is 1. The molecule has 0 saturated heterocycles. The first kappa shape index (κ1) is 16.5. The zero-order chi connectivity index (χ0) is 15.8. The number of rotatable bonds is 2. The Morgan fingerprint density at radius 1 is 1.00 bits per heavy atom. The summed E-state index contributed by atoms with van der Waals surface area (Å²) in [5, 5.41) is 0. The first-order valence-corrected chi connectivity index (χ1v) is 7.36. The maximum absolute atomic E-state index is 13.8. The Morgan fingerprint density at radius 2 is 1.67 bits per heavy atom. The molecular weight excluding hydrogens is 418 g/mol. The van der Waals surface area contributed by atoms with Gasteiger partial charge in [0.1, 0.15) is 5.82 Å². The average Bonchev–Trinajstić information content (AvgIpc) is 2.40. The Morgan fingerprint density at radius 3 is 2.29 bits per heavy atom. The highest BCUT2D eigenvalue weighted by Gasteiger charge is 2.33. The van der Waals surface area contributed by atoms with Crippen LogP contribution in [0.15, 0.2) is 45.3 Å². The van der Waals surface area contributed by atoms with Gasteiger partial charge in [-0.15, -0.1) is 0 Å². The summed E-state index contributed by atoms with van der Waals surface area (Å²) in [4.78, 5) is 0. The fraction of sp³-hybridized carbons (Fsp3) is 0.143. The molecule has 0 amide bonds. The summed E-state index contributed by atoms with van der Waals surface area (Å²) >= 11 is 6.04. The highest BCUT2D eigenvalue weighted by atomic mass is 79.9. The van der Waals surface area contributed by atoms with E-state index in [9.17, 15) is 17.6 Å². The van der Waals surface area contributed by atoms with Crippen molar-refractivity contribution in [1.29, 1.82) is 0 Å². The van der Waals surface area contributed by atoms with Crippen LogP contribution in [0.4, 0.5) is 17.6 Å². The Balaban J connectivity index is 2.49. The van der Waals surface area contributed by atoms with Crippen molar-refractivity contribution in [2.75, 3.05) is 0 Å². The molecule has 0 aliphatic rings. The Kier molecular flexibility index (Phi) is 4.75. The molecule has 0 aromatic heterocycles. The monoisotopic (exact) mass is 425 g/mol. The molecule has 2 rings (SSSR count). The fourth-order valence-electron chi connectivity index (χ4n) is 1.89. The molecule has 1 unspecified atom stereocenters. The lowest BCUT2D eigenvalue weighted by Gasteiger charge is -2.17. The summed E-state index contributed by atoms with van der Waals surface area (Å²) in [6.07, 6.45) is -4.51. The van der Waals surface area contributed by atoms with Crippen molar-refractivity contribution in [2.45, 2.75) is 12.2 Å². The third-order valence-corrected chi connectivity index (χ3v) is 4.13. The van der Waals surface area contributed by atoms with Crippen molar-refractivity contribution in [3.05, 3.63) is 67.9 Å². The Bertz CT molecular complexity index is 671. The van der Waals surface area contributed by atoms with Crippen molar-refractivity contribution in [1.82, 2.24) is 0 Å². The normalized spacial score (nSPS) is 13.3. The lowest BCUT2D eigenvalue weighted by Crippen LogP contribution is -2.15. The van der Waals surface area contributed by atoms with E-state index in [1.807, 2.05) is 0 Å². The second kappa shape index (κ2) is 6.06. The topological polar surface area (TPSA) is 26.0 Å². The van der Waals surface area contributed by atoms with Crippen LogP contribution >= 0.6 is 31.9 Å². The van der Waals surface area contributed by atoms with E-state index in [4.69, 9.17) is 5.73 Å². The molecule has 0 aliphatic carbocycles. The van der Waals surface area contributed by atoms with E-state index in [-0.39, 0.29) is 15.6 Å². The molecule has 0 bridgehead atoms. The summed E-state index contributed by atoms with van der Waals surface area (Å²) < 4.78 is 53.0. The zero-order valence-corrected chi connectivity index (χ0v) is 13.6. The van der Waals surface area contributed by atoms with Crippen LogP contribution in [0.5, 0.6) is 0 Å². The first-order valence-electron chi connectivity index (χ1n) is 5.77. The summed E-state index contributed by atoms with van der Waals surface area (Å²) in [6.45, 7) is 0. The number of nitrogens with two attached hydrogens (primary N) is 1. The van der Waals surface area contributed by atoms with Gasteiger partial charge in [-0.25, -0.2) is 4.39 Å². The molecule has 112 valence electrons. The maximum Gasteiger partial charge on any atom is 0.417 e. The third-order valence-electron chi connectivity index (χ3n) is 2.95. The summed E-state index contributed by atoms with van der Waals surface area (Å²) in [6, 6.07) is 6.79. The van der Waals surface area contributed by atoms with E-state index in [2.05, 4.69) is 31.9 Å². The molecule has 2 aromatic carbocycles. The van der Waals surface area contributed by atoms with Crippen molar-refractivity contribution < 1.29 is 17.6 Å². The van der Waals surface area contributed by atoms with Gasteiger partial charge in [0.25, 0.3) is 0 Å². The molecule has 7 heteroatoms. The van der Waals surface area contributed by atoms with Crippen molar-refractivity contribution in [3.8, 4) is 0 Å². The predicted molar refractivity (Wildman–Crippen MR) is 79.3 cm³/mol. The van der Waals surface area contributed by atoms with E-state index in [0.717, 1.165) is 6.07 Å². The van der Waals surface area contributed by atoms with Crippen LogP contribution in [-0.4, -0.2) is 0 Å². The van der Waals surface area contributed by atoms with Crippen molar-refractivity contribution in [2.24, 2.45) is 5.73 Å². The smallest absolute Gasteiger partial charge is 0.320 e. The molecule has 2 aromatic rings. The van der Waals surface area contributed by atoms with Crippen LogP contribution in [0, 0.1) is 5.82 Å². The van der Waals surface area contributed by atoms with Gasteiger partial charge in [0.2, 0.25) is 0 Å². The molecule has 0 spiro atoms. The highest BCUT2D eigenvalue weighted by molar-refractivity contribution is 9.10. The Hall–Kier alpha value is -0.920. The molecule has 21 heavy (non-hydrogen) atoms. The highest BCUT2D eigenvalue weighted by Crippen LogP contribution is 2.37. The van der Waals surface area contributed by atoms with E-state index >= 15 is 0 Å². The largest absolute Gasteiger partial charge is 0.417 e. The predicted octanol–water partition coefficient (Wildman–Crippen LogP) is 5.42. The minimum absolute atomic E-state index is 0.0827. The Labute approximate surface area is 135 Å². The van der Waals surface area contributed by atoms with Gasteiger partial charge >= 0.3 is 6.18 Å². The second-order valence-electron chi connectivity index (χ2n) is 4.38. The van der Waals surface area contributed by atoms with Gasteiger partial charge in [0.05, 0.1) is 11.6 Å². The van der Waals surface area contributed by atoms with Crippen LogP contribution in [0.25, 0.3) is 0 Å². The molecule has 0 saturated carbocycles. The quantitative estimate of drug-likeness (QED) is 0.637. The summed E-state index contributed by atoms with van der Waals surface area (Å²) in [5.74, 6) is -0.567. The van der Waals surface area contributed by atoms with Crippen LogP contribution in [0.3, 0.4) is 0 Å². The van der Waals surface area contributed by atoms with E-state index in [1.165, 1.54) is 30.3 Å². The first-order chi connectivity index (χ1) is 9.70. The SMILES string of the molecule is NC(c1ccc(Br)c(C(F)(F)F)c1)c1cc(Br)ccc1F. The third kappa shape index (κ3) is 3.64. The molecule has 0 radical (unpaired) electrons. The zero-order valence-electron chi connectivity index (χ0n) is 10.4. The molecule has 1 atom stereocenters. The van der Waals surface area contributed by atoms with Crippen molar-refractivity contribution in [3.63, 3.8) is 0 Å². The summed E-state index contributed by atoms with van der Waals surface area (Å²) in [7, 11) is 0. The molecule has 0 aliphatic heterocycles. The molecule has 0 heterocycles. The van der Waals surface area contributed by atoms with Gasteiger partial charge < -0.3 is 5.73 Å². The minimum atomic E-state index is -4.51. The number of alkyl halides is 3. The molecule has 0 fully saturated rings. The van der Waals surface area contributed by atoms with Gasteiger partial charge in [0, 0.05) is 14.5 Å². The standard InChI is InChI=1S/C14H9Br2F4N/c15-8-2-4-12(17)9(6-8)13(21)7-1-3-11(16)10(5-7)14(18,19)20/h1-6,13H,21H2. The van der Waals surface area contributed by atoms with E-state index < -0.39 is 23.6 Å². The van der Waals surface area contributed by atoms with Gasteiger partial charge in [-0.05, 0) is 35.9 Å². The van der Waals surface area contributed by atoms with Crippen LogP contribution < -0.4 is 5.73 Å².